The molecule has 1 heterocycles. The lowest BCUT2D eigenvalue weighted by Gasteiger charge is -2.42. The first-order valence-corrected chi connectivity index (χ1v) is 12.1. The average Bonchev–Trinajstić information content (AvgIpc) is 3.18. The van der Waals surface area contributed by atoms with Gasteiger partial charge in [0.05, 0.1) is 0 Å². The van der Waals surface area contributed by atoms with E-state index in [1.165, 1.54) is 56.8 Å². The van der Waals surface area contributed by atoms with Crippen molar-refractivity contribution in [3.05, 3.63) is 57.5 Å². The molecule has 0 aromatic heterocycles. The summed E-state index contributed by atoms with van der Waals surface area (Å²) in [5.41, 5.74) is 10.2. The molecule has 0 spiro atoms. The van der Waals surface area contributed by atoms with Gasteiger partial charge in [0.25, 0.3) is 0 Å². The summed E-state index contributed by atoms with van der Waals surface area (Å²) in [4.78, 5) is 3.66. The standard InChI is InChI=1S/C27H36N2S/c1-18-12-23-24(27(4,5)11-10-26(23,2)3)15-21(18)22-14-19(8-9-25(22)29(6)7)13-20-16-28-17-30-20/h8-9,12-15,28H,10-11,16-17H2,1-7H3. The summed E-state index contributed by atoms with van der Waals surface area (Å²) in [5, 5.41) is 3.41. The molecule has 2 aliphatic rings. The van der Waals surface area contributed by atoms with E-state index in [-0.39, 0.29) is 10.8 Å². The Morgan fingerprint density at radius 1 is 0.933 bits per heavy atom. The molecule has 4 rings (SSSR count). The fourth-order valence-electron chi connectivity index (χ4n) is 4.91. The molecule has 2 aromatic rings. The van der Waals surface area contributed by atoms with E-state index in [1.807, 2.05) is 11.8 Å². The van der Waals surface area contributed by atoms with Gasteiger partial charge in [0, 0.05) is 42.7 Å². The van der Waals surface area contributed by atoms with Crippen molar-refractivity contribution in [2.75, 3.05) is 31.4 Å². The summed E-state index contributed by atoms with van der Waals surface area (Å²) in [7, 11) is 4.29. The van der Waals surface area contributed by atoms with Crippen molar-refractivity contribution in [2.45, 2.75) is 58.3 Å². The molecule has 0 unspecified atom stereocenters. The van der Waals surface area contributed by atoms with E-state index in [0.717, 1.165) is 12.4 Å². The van der Waals surface area contributed by atoms with Gasteiger partial charge in [-0.1, -0.05) is 39.8 Å². The van der Waals surface area contributed by atoms with Crippen molar-refractivity contribution in [1.82, 2.24) is 5.32 Å². The van der Waals surface area contributed by atoms with E-state index in [4.69, 9.17) is 0 Å². The van der Waals surface area contributed by atoms with Crippen molar-refractivity contribution in [3.8, 4) is 11.1 Å². The molecule has 30 heavy (non-hydrogen) atoms. The van der Waals surface area contributed by atoms with Crippen LogP contribution >= 0.6 is 11.8 Å². The quantitative estimate of drug-likeness (QED) is 0.594. The summed E-state index contributed by atoms with van der Waals surface area (Å²) in [5.74, 6) is 1.02. The van der Waals surface area contributed by atoms with Crippen LogP contribution in [0.3, 0.4) is 0 Å². The predicted molar refractivity (Wildman–Crippen MR) is 135 cm³/mol. The van der Waals surface area contributed by atoms with Gasteiger partial charge >= 0.3 is 0 Å². The molecule has 1 fully saturated rings. The number of rotatable bonds is 3. The summed E-state index contributed by atoms with van der Waals surface area (Å²) < 4.78 is 0. The van der Waals surface area contributed by atoms with Crippen LogP contribution in [0, 0.1) is 6.92 Å². The highest BCUT2D eigenvalue weighted by Gasteiger charge is 2.37. The number of benzene rings is 2. The minimum Gasteiger partial charge on any atom is -0.377 e. The van der Waals surface area contributed by atoms with Crippen molar-refractivity contribution in [3.63, 3.8) is 0 Å². The highest BCUT2D eigenvalue weighted by atomic mass is 32.2. The second-order valence-electron chi connectivity index (χ2n) is 10.5. The van der Waals surface area contributed by atoms with Crippen LogP contribution in [0.15, 0.2) is 35.2 Å². The number of aryl methyl sites for hydroxylation is 1. The van der Waals surface area contributed by atoms with E-state index in [1.54, 1.807) is 0 Å². The molecule has 0 bridgehead atoms. The van der Waals surface area contributed by atoms with Gasteiger partial charge < -0.3 is 10.2 Å². The maximum absolute atomic E-state index is 3.41. The maximum Gasteiger partial charge on any atom is 0.0465 e. The number of fused-ring (bicyclic) bond motifs is 1. The predicted octanol–water partition coefficient (Wildman–Crippen LogP) is 6.71. The Balaban J connectivity index is 1.90. The third kappa shape index (κ3) is 3.94. The minimum atomic E-state index is 0.220. The van der Waals surface area contributed by atoms with Gasteiger partial charge in [-0.15, -0.1) is 11.8 Å². The number of nitrogens with zero attached hydrogens (tertiary/aromatic N) is 1. The molecule has 2 nitrogen and oxygen atoms in total. The zero-order chi connectivity index (χ0) is 21.7. The highest BCUT2D eigenvalue weighted by molar-refractivity contribution is 8.03. The lowest BCUT2D eigenvalue weighted by molar-refractivity contribution is 0.332. The van der Waals surface area contributed by atoms with Crippen LogP contribution in [-0.4, -0.2) is 26.5 Å². The highest BCUT2D eigenvalue weighted by Crippen LogP contribution is 2.48. The van der Waals surface area contributed by atoms with Gasteiger partial charge in [-0.25, -0.2) is 0 Å². The summed E-state index contributed by atoms with van der Waals surface area (Å²) in [6.45, 7) is 12.9. The van der Waals surface area contributed by atoms with Crippen LogP contribution in [0.25, 0.3) is 17.2 Å². The third-order valence-corrected chi connectivity index (χ3v) is 7.96. The van der Waals surface area contributed by atoms with Gasteiger partial charge in [0.15, 0.2) is 0 Å². The molecule has 0 radical (unpaired) electrons. The van der Waals surface area contributed by atoms with E-state index in [2.05, 4.69) is 95.3 Å². The Hall–Kier alpha value is -1.71. The second-order valence-corrected chi connectivity index (χ2v) is 11.6. The first kappa shape index (κ1) is 21.5. The molecular formula is C27H36N2S. The molecule has 1 saturated heterocycles. The number of anilines is 1. The van der Waals surface area contributed by atoms with Crippen molar-refractivity contribution in [2.24, 2.45) is 0 Å². The van der Waals surface area contributed by atoms with E-state index in [9.17, 15) is 0 Å². The normalized spacial score (nSPS) is 21.0. The van der Waals surface area contributed by atoms with Gasteiger partial charge in [-0.2, -0.15) is 0 Å². The van der Waals surface area contributed by atoms with Gasteiger partial charge in [0.2, 0.25) is 0 Å². The fourth-order valence-corrected chi connectivity index (χ4v) is 5.72. The third-order valence-electron chi connectivity index (χ3n) is 6.98. The Morgan fingerprint density at radius 3 is 2.20 bits per heavy atom. The van der Waals surface area contributed by atoms with E-state index in [0.29, 0.717) is 0 Å². The molecule has 1 aliphatic heterocycles. The van der Waals surface area contributed by atoms with Gasteiger partial charge in [0.1, 0.15) is 0 Å². The molecule has 1 N–H and O–H groups in total. The monoisotopic (exact) mass is 420 g/mol. The van der Waals surface area contributed by atoms with Crippen LogP contribution < -0.4 is 10.2 Å². The lowest BCUT2D eigenvalue weighted by atomic mass is 9.62. The van der Waals surface area contributed by atoms with Crippen LogP contribution in [0.1, 0.15) is 62.8 Å². The second kappa shape index (κ2) is 7.76. The molecule has 0 saturated carbocycles. The first-order valence-electron chi connectivity index (χ1n) is 11.1. The molecule has 160 valence electrons. The maximum atomic E-state index is 3.41. The van der Waals surface area contributed by atoms with Gasteiger partial charge in [-0.3, -0.25) is 0 Å². The molecule has 2 aromatic carbocycles. The molecule has 3 heteroatoms. The Labute approximate surface area is 187 Å². The van der Waals surface area contributed by atoms with Crippen LogP contribution in [-0.2, 0) is 10.8 Å². The fraction of sp³-hybridized carbons (Fsp3) is 0.481. The molecule has 0 amide bonds. The van der Waals surface area contributed by atoms with Crippen LogP contribution in [0.4, 0.5) is 5.69 Å². The number of hydrogen-bond acceptors (Lipinski definition) is 3. The number of nitrogens with one attached hydrogen (secondary N) is 1. The minimum absolute atomic E-state index is 0.220. The van der Waals surface area contributed by atoms with Crippen molar-refractivity contribution in [1.29, 1.82) is 0 Å². The van der Waals surface area contributed by atoms with Crippen LogP contribution in [0.2, 0.25) is 0 Å². The summed E-state index contributed by atoms with van der Waals surface area (Å²) in [6, 6.07) is 11.9. The molecular weight excluding hydrogens is 384 g/mol. The SMILES string of the molecule is Cc1cc2c(cc1-c1cc(C=C3CNCS3)ccc1N(C)C)C(C)(C)CCC2(C)C. The topological polar surface area (TPSA) is 15.3 Å². The van der Waals surface area contributed by atoms with Crippen molar-refractivity contribution < 1.29 is 0 Å². The Morgan fingerprint density at radius 2 is 1.60 bits per heavy atom. The lowest BCUT2D eigenvalue weighted by Crippen LogP contribution is -2.34. The Kier molecular flexibility index (Phi) is 5.57. The Bertz CT molecular complexity index is 990. The number of thioether (sulfide) groups is 1. The zero-order valence-corrected chi connectivity index (χ0v) is 20.5. The summed E-state index contributed by atoms with van der Waals surface area (Å²) >= 11 is 1.91. The average molecular weight is 421 g/mol. The van der Waals surface area contributed by atoms with E-state index < -0.39 is 0 Å². The zero-order valence-electron chi connectivity index (χ0n) is 19.6. The van der Waals surface area contributed by atoms with Crippen molar-refractivity contribution >= 4 is 23.5 Å². The number of hydrogen-bond donors (Lipinski definition) is 1. The first-order chi connectivity index (χ1) is 14.1. The van der Waals surface area contributed by atoms with Crippen LogP contribution in [0.5, 0.6) is 0 Å². The summed E-state index contributed by atoms with van der Waals surface area (Å²) in [6.07, 6.45) is 4.84. The molecule has 1 aliphatic carbocycles. The molecule has 0 atom stereocenters. The van der Waals surface area contributed by atoms with E-state index >= 15 is 0 Å². The smallest absolute Gasteiger partial charge is 0.0465 e. The largest absolute Gasteiger partial charge is 0.377 e. The van der Waals surface area contributed by atoms with Gasteiger partial charge in [-0.05, 0) is 82.7 Å².